The Morgan fingerprint density at radius 1 is 1.18 bits per heavy atom. The molecule has 0 aliphatic carbocycles. The van der Waals surface area contributed by atoms with Crippen LogP contribution in [0.4, 0.5) is 10.7 Å². The molecule has 5 N–H and O–H groups in total. The van der Waals surface area contributed by atoms with E-state index in [-0.39, 0.29) is 30.4 Å². The Hall–Kier alpha value is -5.13. The zero-order valence-corrected chi connectivity index (χ0v) is 21.2. The number of urea groups is 1. The second-order valence-electron chi connectivity index (χ2n) is 9.05. The fraction of sp³-hybridized carbons (Fsp3) is 0.222. The van der Waals surface area contributed by atoms with E-state index in [1.54, 1.807) is 48.2 Å². The number of carbonyl (C=O) groups excluding carboxylic acids is 3. The van der Waals surface area contributed by atoms with Gasteiger partial charge in [0.2, 0.25) is 11.9 Å². The minimum atomic E-state index is -0.779. The standard InChI is InChI=1S/C27H26N6O6/c1-3-23(34)32-27(37)30-20(13-33-12-15-4-6-17(38-2)10-18(15)25(33)36)22-9-16-8-14(5-7-21(16)39-22)19-11-24(35)31-26(28)29-19/h4-11,20H,3,12-13H2,1-2H3,(H3,28,29,31,35)(H2,30,32,34,37). The third-order valence-electron chi connectivity index (χ3n) is 6.41. The number of benzene rings is 2. The molecule has 0 radical (unpaired) electrons. The molecule has 0 spiro atoms. The molecule has 1 aliphatic heterocycles. The largest absolute Gasteiger partial charge is 0.497 e. The Morgan fingerprint density at radius 2 is 2.00 bits per heavy atom. The number of nitrogens with zero attached hydrogens (tertiary/aromatic N) is 2. The van der Waals surface area contributed by atoms with E-state index in [1.165, 1.54) is 13.2 Å². The van der Waals surface area contributed by atoms with Gasteiger partial charge in [0.1, 0.15) is 23.1 Å². The highest BCUT2D eigenvalue weighted by Crippen LogP contribution is 2.31. The van der Waals surface area contributed by atoms with Gasteiger partial charge in [0.15, 0.2) is 0 Å². The van der Waals surface area contributed by atoms with Crippen LogP contribution >= 0.6 is 0 Å². The van der Waals surface area contributed by atoms with Gasteiger partial charge in [-0.2, -0.15) is 0 Å². The van der Waals surface area contributed by atoms with E-state index in [4.69, 9.17) is 14.9 Å². The van der Waals surface area contributed by atoms with Crippen LogP contribution < -0.4 is 26.7 Å². The summed E-state index contributed by atoms with van der Waals surface area (Å²) in [6.07, 6.45) is 0.133. The lowest BCUT2D eigenvalue weighted by molar-refractivity contribution is -0.119. The normalized spacial score (nSPS) is 13.3. The maximum absolute atomic E-state index is 13.2. The number of fused-ring (bicyclic) bond motifs is 2. The first-order valence-electron chi connectivity index (χ1n) is 12.2. The molecule has 3 heterocycles. The van der Waals surface area contributed by atoms with Crippen LogP contribution in [0.5, 0.6) is 5.75 Å². The number of nitrogen functional groups attached to an aromatic ring is 1. The van der Waals surface area contributed by atoms with E-state index in [1.807, 2.05) is 6.07 Å². The van der Waals surface area contributed by atoms with Gasteiger partial charge < -0.3 is 25.1 Å². The van der Waals surface area contributed by atoms with Crippen LogP contribution in [-0.4, -0.2) is 46.4 Å². The Balaban J connectivity index is 1.46. The summed E-state index contributed by atoms with van der Waals surface area (Å²) in [7, 11) is 1.53. The maximum Gasteiger partial charge on any atom is 0.322 e. The van der Waals surface area contributed by atoms with Gasteiger partial charge in [-0.3, -0.25) is 24.7 Å². The third kappa shape index (κ3) is 5.30. The molecule has 39 heavy (non-hydrogen) atoms. The van der Waals surface area contributed by atoms with E-state index in [0.717, 1.165) is 5.56 Å². The van der Waals surface area contributed by atoms with Crippen LogP contribution in [-0.2, 0) is 11.3 Å². The number of ether oxygens (including phenoxy) is 1. The minimum Gasteiger partial charge on any atom is -0.497 e. The van der Waals surface area contributed by atoms with Gasteiger partial charge in [-0.05, 0) is 42.0 Å². The zero-order valence-electron chi connectivity index (χ0n) is 21.2. The van der Waals surface area contributed by atoms with Gasteiger partial charge in [-0.15, -0.1) is 0 Å². The molecule has 0 saturated carbocycles. The lowest BCUT2D eigenvalue weighted by Crippen LogP contribution is -2.44. The molecular weight excluding hydrogens is 504 g/mol. The van der Waals surface area contributed by atoms with Crippen LogP contribution in [0.2, 0.25) is 0 Å². The second-order valence-corrected chi connectivity index (χ2v) is 9.05. The van der Waals surface area contributed by atoms with Crippen molar-refractivity contribution < 1.29 is 23.5 Å². The number of aromatic amines is 1. The fourth-order valence-corrected chi connectivity index (χ4v) is 4.47. The fourth-order valence-electron chi connectivity index (χ4n) is 4.47. The zero-order chi connectivity index (χ0) is 27.7. The molecule has 2 aromatic heterocycles. The van der Waals surface area contributed by atoms with Crippen molar-refractivity contribution in [3.05, 3.63) is 75.8 Å². The highest BCUT2D eigenvalue weighted by atomic mass is 16.5. The summed E-state index contributed by atoms with van der Waals surface area (Å²) in [6, 6.07) is 12.1. The highest BCUT2D eigenvalue weighted by Gasteiger charge is 2.32. The van der Waals surface area contributed by atoms with Gasteiger partial charge in [-0.1, -0.05) is 13.0 Å². The van der Waals surface area contributed by atoms with E-state index in [9.17, 15) is 19.2 Å². The Bertz CT molecular complexity index is 1660. The Labute approximate surface area is 222 Å². The molecule has 5 rings (SSSR count). The number of nitrogens with one attached hydrogen (secondary N) is 3. The first kappa shape index (κ1) is 25.5. The number of carbonyl (C=O) groups is 3. The molecular formula is C27H26N6O6. The molecule has 0 fully saturated rings. The quantitative estimate of drug-likeness (QED) is 0.282. The van der Waals surface area contributed by atoms with Crippen molar-refractivity contribution >= 4 is 34.8 Å². The molecule has 12 heteroatoms. The van der Waals surface area contributed by atoms with Crippen molar-refractivity contribution in [3.63, 3.8) is 0 Å². The monoisotopic (exact) mass is 530 g/mol. The molecule has 200 valence electrons. The topological polar surface area (TPSA) is 173 Å². The average molecular weight is 531 g/mol. The van der Waals surface area contributed by atoms with Crippen LogP contribution in [0.3, 0.4) is 0 Å². The lowest BCUT2D eigenvalue weighted by atomic mass is 10.1. The van der Waals surface area contributed by atoms with Gasteiger partial charge in [0.05, 0.1) is 12.8 Å². The third-order valence-corrected chi connectivity index (χ3v) is 6.41. The van der Waals surface area contributed by atoms with Crippen molar-refractivity contribution in [3.8, 4) is 17.0 Å². The summed E-state index contributed by atoms with van der Waals surface area (Å²) in [5.74, 6) is 0.289. The summed E-state index contributed by atoms with van der Waals surface area (Å²) >= 11 is 0. The lowest BCUT2D eigenvalue weighted by Gasteiger charge is -2.23. The van der Waals surface area contributed by atoms with Crippen molar-refractivity contribution in [1.29, 1.82) is 0 Å². The molecule has 1 atom stereocenters. The van der Waals surface area contributed by atoms with Crippen LogP contribution in [0.25, 0.3) is 22.2 Å². The molecule has 12 nitrogen and oxygen atoms in total. The number of rotatable bonds is 7. The summed E-state index contributed by atoms with van der Waals surface area (Å²) in [5.41, 5.74) is 8.22. The molecule has 1 unspecified atom stereocenters. The highest BCUT2D eigenvalue weighted by molar-refractivity contribution is 5.99. The van der Waals surface area contributed by atoms with Crippen LogP contribution in [0.15, 0.2) is 57.7 Å². The first-order chi connectivity index (χ1) is 18.7. The van der Waals surface area contributed by atoms with Crippen molar-refractivity contribution in [2.24, 2.45) is 0 Å². The van der Waals surface area contributed by atoms with E-state index in [2.05, 4.69) is 20.6 Å². The second kappa shape index (κ2) is 10.3. The summed E-state index contributed by atoms with van der Waals surface area (Å²) in [5, 5.41) is 5.71. The van der Waals surface area contributed by atoms with Gasteiger partial charge >= 0.3 is 6.03 Å². The van der Waals surface area contributed by atoms with Gasteiger partial charge in [0, 0.05) is 42.1 Å². The number of H-pyrrole nitrogens is 1. The number of nitrogens with two attached hydrogens (primary N) is 1. The Morgan fingerprint density at radius 3 is 2.74 bits per heavy atom. The minimum absolute atomic E-state index is 0.00345. The SMILES string of the molecule is CCC(=O)NC(=O)NC(CN1Cc2ccc(OC)cc2C1=O)c1cc2cc(-c3cc(=O)[nH]c(N)n3)ccc2o1. The first-order valence-corrected chi connectivity index (χ1v) is 12.2. The number of imide groups is 1. The molecule has 1 aliphatic rings. The maximum atomic E-state index is 13.2. The number of amides is 4. The van der Waals surface area contributed by atoms with Crippen LogP contribution in [0, 0.1) is 0 Å². The number of anilines is 1. The number of hydrogen-bond acceptors (Lipinski definition) is 8. The number of methoxy groups -OCH3 is 1. The number of hydrogen-bond donors (Lipinski definition) is 4. The summed E-state index contributed by atoms with van der Waals surface area (Å²) < 4.78 is 11.3. The molecule has 2 aromatic carbocycles. The van der Waals surface area contributed by atoms with Crippen LogP contribution in [0.1, 0.15) is 41.1 Å². The van der Waals surface area contributed by atoms with E-state index < -0.39 is 18.0 Å². The predicted octanol–water partition coefficient (Wildman–Crippen LogP) is 2.71. The van der Waals surface area contributed by atoms with Gasteiger partial charge in [-0.25, -0.2) is 9.78 Å². The van der Waals surface area contributed by atoms with Gasteiger partial charge in [0.25, 0.3) is 11.5 Å². The smallest absolute Gasteiger partial charge is 0.322 e. The molecule has 0 saturated heterocycles. The van der Waals surface area contributed by atoms with Crippen molar-refractivity contribution in [2.45, 2.75) is 25.9 Å². The van der Waals surface area contributed by atoms with Crippen molar-refractivity contribution in [1.82, 2.24) is 25.5 Å². The Kier molecular flexibility index (Phi) is 6.75. The molecule has 4 amide bonds. The number of aromatic nitrogens is 2. The van der Waals surface area contributed by atoms with E-state index >= 15 is 0 Å². The summed E-state index contributed by atoms with van der Waals surface area (Å²) in [4.78, 5) is 57.6. The number of furan rings is 1. The summed E-state index contributed by atoms with van der Waals surface area (Å²) in [6.45, 7) is 2.06. The predicted molar refractivity (Wildman–Crippen MR) is 142 cm³/mol. The van der Waals surface area contributed by atoms with E-state index in [0.29, 0.717) is 45.8 Å². The van der Waals surface area contributed by atoms with Crippen molar-refractivity contribution in [2.75, 3.05) is 19.4 Å². The molecule has 0 bridgehead atoms. The average Bonchev–Trinajstić information content (AvgIpc) is 3.47. The molecule has 4 aromatic rings.